The second kappa shape index (κ2) is 6.88. The van der Waals surface area contributed by atoms with Gasteiger partial charge in [0.05, 0.1) is 6.04 Å². The molecule has 0 heterocycles. The number of nitrogens with one attached hydrogen (secondary N) is 2. The predicted octanol–water partition coefficient (Wildman–Crippen LogP) is 3.86. The largest absolute Gasteiger partial charge is 0.465 e. The van der Waals surface area contributed by atoms with Crippen LogP contribution in [0.4, 0.5) is 19.3 Å². The molecule has 0 bridgehead atoms. The van der Waals surface area contributed by atoms with E-state index in [1.165, 1.54) is 6.07 Å². The quantitative estimate of drug-likeness (QED) is 0.790. The fourth-order valence-corrected chi connectivity index (χ4v) is 3.13. The van der Waals surface area contributed by atoms with Gasteiger partial charge in [-0.25, -0.2) is 13.6 Å². The van der Waals surface area contributed by atoms with E-state index in [0.29, 0.717) is 18.4 Å². The monoisotopic (exact) mass is 346 g/mol. The summed E-state index contributed by atoms with van der Waals surface area (Å²) in [6.45, 7) is 0. The number of rotatable bonds is 3. The van der Waals surface area contributed by atoms with Crippen molar-refractivity contribution in [3.05, 3.63) is 64.7 Å². The van der Waals surface area contributed by atoms with Crippen molar-refractivity contribution in [2.75, 3.05) is 5.32 Å². The third-order valence-electron chi connectivity index (χ3n) is 4.23. The van der Waals surface area contributed by atoms with Gasteiger partial charge in [-0.2, -0.15) is 0 Å². The topological polar surface area (TPSA) is 78.4 Å². The Morgan fingerprint density at radius 3 is 2.64 bits per heavy atom. The molecule has 0 radical (unpaired) electrons. The Balaban J connectivity index is 1.88. The second-order valence-electron chi connectivity index (χ2n) is 5.85. The van der Waals surface area contributed by atoms with Gasteiger partial charge in [-0.05, 0) is 48.6 Å². The van der Waals surface area contributed by atoms with Crippen molar-refractivity contribution in [3.63, 3.8) is 0 Å². The van der Waals surface area contributed by atoms with E-state index in [-0.39, 0.29) is 11.7 Å². The van der Waals surface area contributed by atoms with Crippen molar-refractivity contribution in [1.29, 1.82) is 0 Å². The second-order valence-corrected chi connectivity index (χ2v) is 5.85. The molecule has 130 valence electrons. The lowest BCUT2D eigenvalue weighted by atomic mass is 9.84. The first-order valence-electron chi connectivity index (χ1n) is 7.83. The number of benzene rings is 2. The van der Waals surface area contributed by atoms with Crippen LogP contribution >= 0.6 is 0 Å². The van der Waals surface area contributed by atoms with Crippen LogP contribution in [0.1, 0.15) is 40.4 Å². The zero-order valence-electron chi connectivity index (χ0n) is 13.2. The molecule has 1 atom stereocenters. The lowest BCUT2D eigenvalue weighted by molar-refractivity contribution is 0.102. The zero-order chi connectivity index (χ0) is 18.0. The molecule has 7 heteroatoms. The lowest BCUT2D eigenvalue weighted by Gasteiger charge is -2.27. The first-order chi connectivity index (χ1) is 12.0. The van der Waals surface area contributed by atoms with Crippen LogP contribution in [0.15, 0.2) is 36.4 Å². The van der Waals surface area contributed by atoms with Crippen LogP contribution in [-0.2, 0) is 6.42 Å². The molecular formula is C18H16F2N2O3. The van der Waals surface area contributed by atoms with Crippen LogP contribution in [0.3, 0.4) is 0 Å². The molecule has 0 aromatic heterocycles. The number of carboxylic acid groups (broad SMARTS) is 1. The molecule has 1 aliphatic rings. The van der Waals surface area contributed by atoms with Crippen LogP contribution in [0.25, 0.3) is 0 Å². The molecule has 3 N–H and O–H groups in total. The molecular weight excluding hydrogens is 330 g/mol. The summed E-state index contributed by atoms with van der Waals surface area (Å²) in [7, 11) is 0. The summed E-state index contributed by atoms with van der Waals surface area (Å²) in [5, 5.41) is 14.0. The SMILES string of the molecule is O=C(O)N[C@H]1CCCc2c(C(=O)Nc3ccc(F)c(F)c3)cccc21. The molecule has 0 fully saturated rings. The van der Waals surface area contributed by atoms with E-state index in [9.17, 15) is 18.4 Å². The van der Waals surface area contributed by atoms with Gasteiger partial charge in [0.2, 0.25) is 0 Å². The molecule has 0 spiro atoms. The van der Waals surface area contributed by atoms with E-state index < -0.39 is 23.6 Å². The van der Waals surface area contributed by atoms with Gasteiger partial charge in [0.15, 0.2) is 11.6 Å². The Labute approximate surface area is 142 Å². The predicted molar refractivity (Wildman–Crippen MR) is 87.6 cm³/mol. The van der Waals surface area contributed by atoms with E-state index >= 15 is 0 Å². The Hall–Kier alpha value is -2.96. The minimum atomic E-state index is -1.12. The molecule has 0 unspecified atom stereocenters. The molecule has 0 aliphatic heterocycles. The fraction of sp³-hybridized carbons (Fsp3) is 0.222. The van der Waals surface area contributed by atoms with Crippen molar-refractivity contribution >= 4 is 17.7 Å². The molecule has 3 rings (SSSR count). The maximum Gasteiger partial charge on any atom is 0.405 e. The number of hydrogen-bond acceptors (Lipinski definition) is 2. The summed E-state index contributed by atoms with van der Waals surface area (Å²) in [5.74, 6) is -2.48. The molecule has 5 nitrogen and oxygen atoms in total. The van der Waals surface area contributed by atoms with Gasteiger partial charge in [-0.3, -0.25) is 4.79 Å². The number of fused-ring (bicyclic) bond motifs is 1. The molecule has 2 aromatic rings. The van der Waals surface area contributed by atoms with E-state index in [2.05, 4.69) is 10.6 Å². The summed E-state index contributed by atoms with van der Waals surface area (Å²) in [6, 6.07) is 7.88. The van der Waals surface area contributed by atoms with Crippen molar-refractivity contribution in [1.82, 2.24) is 5.32 Å². The van der Waals surface area contributed by atoms with Crippen molar-refractivity contribution < 1.29 is 23.5 Å². The van der Waals surface area contributed by atoms with Crippen LogP contribution in [0, 0.1) is 11.6 Å². The Kier molecular flexibility index (Phi) is 4.65. The highest BCUT2D eigenvalue weighted by Crippen LogP contribution is 2.32. The smallest absolute Gasteiger partial charge is 0.405 e. The van der Waals surface area contributed by atoms with Gasteiger partial charge in [0, 0.05) is 17.3 Å². The summed E-state index contributed by atoms with van der Waals surface area (Å²) in [5.41, 5.74) is 2.09. The average molecular weight is 346 g/mol. The minimum Gasteiger partial charge on any atom is -0.465 e. The first kappa shape index (κ1) is 16.9. The van der Waals surface area contributed by atoms with Gasteiger partial charge in [0.25, 0.3) is 5.91 Å². The molecule has 0 saturated carbocycles. The van der Waals surface area contributed by atoms with E-state index in [0.717, 1.165) is 29.7 Å². The lowest BCUT2D eigenvalue weighted by Crippen LogP contribution is -2.30. The van der Waals surface area contributed by atoms with Gasteiger partial charge in [-0.15, -0.1) is 0 Å². The summed E-state index contributed by atoms with van der Waals surface area (Å²) in [6.07, 6.45) is 0.935. The number of halogens is 2. The van der Waals surface area contributed by atoms with E-state index in [4.69, 9.17) is 5.11 Å². The van der Waals surface area contributed by atoms with Crippen LogP contribution in [0.2, 0.25) is 0 Å². The minimum absolute atomic E-state index is 0.150. The van der Waals surface area contributed by atoms with Crippen molar-refractivity contribution in [3.8, 4) is 0 Å². The zero-order valence-corrected chi connectivity index (χ0v) is 13.2. The Bertz CT molecular complexity index is 839. The third kappa shape index (κ3) is 3.60. The van der Waals surface area contributed by atoms with Gasteiger partial charge >= 0.3 is 6.09 Å². The molecule has 2 aromatic carbocycles. The normalized spacial score (nSPS) is 16.0. The molecule has 1 aliphatic carbocycles. The van der Waals surface area contributed by atoms with Gasteiger partial charge < -0.3 is 15.7 Å². The Morgan fingerprint density at radius 1 is 1.12 bits per heavy atom. The number of amides is 2. The Morgan fingerprint density at radius 2 is 1.92 bits per heavy atom. The maximum absolute atomic E-state index is 13.3. The molecule has 0 saturated heterocycles. The number of carbonyl (C=O) groups is 2. The average Bonchev–Trinajstić information content (AvgIpc) is 2.57. The van der Waals surface area contributed by atoms with Crippen LogP contribution < -0.4 is 10.6 Å². The van der Waals surface area contributed by atoms with Crippen molar-refractivity contribution in [2.24, 2.45) is 0 Å². The first-order valence-corrected chi connectivity index (χ1v) is 7.83. The van der Waals surface area contributed by atoms with Crippen molar-refractivity contribution in [2.45, 2.75) is 25.3 Å². The number of anilines is 1. The summed E-state index contributed by atoms with van der Waals surface area (Å²) < 4.78 is 26.3. The highest BCUT2D eigenvalue weighted by molar-refractivity contribution is 6.05. The fourth-order valence-electron chi connectivity index (χ4n) is 3.13. The van der Waals surface area contributed by atoms with Gasteiger partial charge in [-0.1, -0.05) is 12.1 Å². The number of hydrogen-bond donors (Lipinski definition) is 3. The number of carbonyl (C=O) groups excluding carboxylic acids is 1. The standard InChI is InChI=1S/C18H16F2N2O3/c19-14-8-7-10(9-15(14)20)21-17(23)13-5-1-4-12-11(13)3-2-6-16(12)22-18(24)25/h1,4-5,7-9,16,22H,2-3,6H2,(H,21,23)(H,24,25)/t16-/m0/s1. The van der Waals surface area contributed by atoms with E-state index in [1.54, 1.807) is 18.2 Å². The van der Waals surface area contributed by atoms with Gasteiger partial charge in [0.1, 0.15) is 0 Å². The molecule has 25 heavy (non-hydrogen) atoms. The van der Waals surface area contributed by atoms with Crippen LogP contribution in [-0.4, -0.2) is 17.1 Å². The maximum atomic E-state index is 13.3. The molecule has 2 amide bonds. The highest BCUT2D eigenvalue weighted by atomic mass is 19.2. The summed E-state index contributed by atoms with van der Waals surface area (Å²) >= 11 is 0. The summed E-state index contributed by atoms with van der Waals surface area (Å²) in [4.78, 5) is 23.5. The highest BCUT2D eigenvalue weighted by Gasteiger charge is 2.25. The van der Waals surface area contributed by atoms with E-state index in [1.807, 2.05) is 0 Å². The van der Waals surface area contributed by atoms with Crippen LogP contribution in [0.5, 0.6) is 0 Å². The third-order valence-corrected chi connectivity index (χ3v) is 4.23.